The van der Waals surface area contributed by atoms with Crippen molar-refractivity contribution in [2.75, 3.05) is 19.6 Å². The summed E-state index contributed by atoms with van der Waals surface area (Å²) in [5.74, 6) is 0.920. The maximum absolute atomic E-state index is 2.52. The summed E-state index contributed by atoms with van der Waals surface area (Å²) in [4.78, 5) is 2.52. The van der Waals surface area contributed by atoms with Gasteiger partial charge in [0.15, 0.2) is 15.2 Å². The summed E-state index contributed by atoms with van der Waals surface area (Å²) < 4.78 is 0. The average Bonchev–Trinajstić information content (AvgIpc) is 2.11. The van der Waals surface area contributed by atoms with Crippen LogP contribution in [0.25, 0.3) is 0 Å². The largest absolute Gasteiger partial charge is 0.304 e. The van der Waals surface area contributed by atoms with E-state index in [2.05, 4.69) is 32.6 Å². The molecular formula is C11H25AlN. The first kappa shape index (κ1) is 13.5. The third-order valence-electron chi connectivity index (χ3n) is 2.42. The first-order valence-electron chi connectivity index (χ1n) is 5.74. The van der Waals surface area contributed by atoms with Crippen LogP contribution in [0.15, 0.2) is 0 Å². The number of nitrogens with zero attached hydrogens (tertiary/aromatic N) is 1. The molecule has 0 aromatic rings. The minimum absolute atomic E-state index is 0.734. The summed E-state index contributed by atoms with van der Waals surface area (Å²) >= 11 is 0.734. The molecule has 0 heterocycles. The van der Waals surface area contributed by atoms with Crippen LogP contribution in [0.3, 0.4) is 0 Å². The zero-order valence-corrected chi connectivity index (χ0v) is 11.0. The van der Waals surface area contributed by atoms with E-state index in [1.165, 1.54) is 36.6 Å². The second-order valence-corrected chi connectivity index (χ2v) is 5.71. The van der Waals surface area contributed by atoms with E-state index in [-0.39, 0.29) is 0 Å². The van der Waals surface area contributed by atoms with Crippen LogP contribution in [-0.2, 0) is 0 Å². The lowest BCUT2D eigenvalue weighted by Gasteiger charge is -2.17. The zero-order valence-electron chi connectivity index (χ0n) is 9.84. The SMILES string of the molecule is CCN(CC)CC[CH2][Al][CH2]C(C)C. The maximum Gasteiger partial charge on any atom is 0.200 e. The average molecular weight is 198 g/mol. The van der Waals surface area contributed by atoms with Crippen LogP contribution in [0.5, 0.6) is 0 Å². The lowest BCUT2D eigenvalue weighted by molar-refractivity contribution is 0.304. The Hall–Kier alpha value is 0.492. The van der Waals surface area contributed by atoms with E-state index in [0.717, 1.165) is 21.1 Å². The summed E-state index contributed by atoms with van der Waals surface area (Å²) in [6.07, 6.45) is 1.42. The Morgan fingerprint density at radius 3 is 2.23 bits per heavy atom. The van der Waals surface area contributed by atoms with Gasteiger partial charge in [0.1, 0.15) is 0 Å². The summed E-state index contributed by atoms with van der Waals surface area (Å²) in [6, 6.07) is 0. The van der Waals surface area contributed by atoms with Gasteiger partial charge >= 0.3 is 0 Å². The first-order valence-corrected chi connectivity index (χ1v) is 7.38. The van der Waals surface area contributed by atoms with Gasteiger partial charge < -0.3 is 4.90 Å². The molecule has 0 amide bonds. The van der Waals surface area contributed by atoms with Crippen LogP contribution in [-0.4, -0.2) is 39.8 Å². The molecule has 0 rings (SSSR count). The van der Waals surface area contributed by atoms with Crippen molar-refractivity contribution in [2.45, 2.75) is 44.7 Å². The Morgan fingerprint density at radius 1 is 1.15 bits per heavy atom. The molecule has 0 saturated carbocycles. The summed E-state index contributed by atoms with van der Waals surface area (Å²) in [5.41, 5.74) is 0. The molecule has 13 heavy (non-hydrogen) atoms. The van der Waals surface area contributed by atoms with Crippen molar-refractivity contribution in [1.29, 1.82) is 0 Å². The van der Waals surface area contributed by atoms with Gasteiger partial charge in [0, 0.05) is 0 Å². The topological polar surface area (TPSA) is 3.24 Å². The van der Waals surface area contributed by atoms with Crippen molar-refractivity contribution in [3.63, 3.8) is 0 Å². The molecule has 0 unspecified atom stereocenters. The van der Waals surface area contributed by atoms with Crippen LogP contribution >= 0.6 is 0 Å². The maximum atomic E-state index is 2.52. The van der Waals surface area contributed by atoms with Crippen LogP contribution in [0.4, 0.5) is 0 Å². The molecule has 2 heteroatoms. The predicted molar refractivity (Wildman–Crippen MR) is 62.6 cm³/mol. The molecule has 0 aliphatic carbocycles. The van der Waals surface area contributed by atoms with E-state index in [4.69, 9.17) is 0 Å². The highest BCUT2D eigenvalue weighted by Crippen LogP contribution is 2.03. The molecule has 0 bridgehead atoms. The van der Waals surface area contributed by atoms with Gasteiger partial charge in [-0.3, -0.25) is 0 Å². The van der Waals surface area contributed by atoms with Crippen molar-refractivity contribution in [1.82, 2.24) is 4.90 Å². The molecule has 0 spiro atoms. The summed E-state index contributed by atoms with van der Waals surface area (Å²) in [5, 5.41) is 2.98. The molecule has 0 saturated heterocycles. The molecular weight excluding hydrogens is 173 g/mol. The number of hydrogen-bond donors (Lipinski definition) is 0. The highest BCUT2D eigenvalue weighted by atomic mass is 27.1. The molecule has 1 nitrogen and oxygen atoms in total. The Kier molecular flexibility index (Phi) is 9.41. The van der Waals surface area contributed by atoms with Gasteiger partial charge in [-0.05, 0) is 19.6 Å². The first-order chi connectivity index (χ1) is 6.20. The fraction of sp³-hybridized carbons (Fsp3) is 1.00. The Labute approximate surface area is 90.6 Å². The summed E-state index contributed by atoms with van der Waals surface area (Å²) in [6.45, 7) is 12.9. The van der Waals surface area contributed by atoms with Gasteiger partial charge in [-0.1, -0.05) is 40.0 Å². The van der Waals surface area contributed by atoms with E-state index < -0.39 is 0 Å². The second kappa shape index (κ2) is 9.06. The van der Waals surface area contributed by atoms with E-state index in [0.29, 0.717) is 0 Å². The molecule has 0 N–H and O–H groups in total. The van der Waals surface area contributed by atoms with Gasteiger partial charge in [0.05, 0.1) is 0 Å². The van der Waals surface area contributed by atoms with Crippen molar-refractivity contribution in [3.8, 4) is 0 Å². The van der Waals surface area contributed by atoms with E-state index in [9.17, 15) is 0 Å². The molecule has 0 aliphatic rings. The lowest BCUT2D eigenvalue weighted by atomic mass is 10.3. The number of hydrogen-bond acceptors (Lipinski definition) is 1. The van der Waals surface area contributed by atoms with Gasteiger partial charge in [-0.2, -0.15) is 0 Å². The van der Waals surface area contributed by atoms with E-state index >= 15 is 0 Å². The van der Waals surface area contributed by atoms with Crippen molar-refractivity contribution < 1.29 is 0 Å². The Bertz CT molecular complexity index is 100. The van der Waals surface area contributed by atoms with Gasteiger partial charge in [0.2, 0.25) is 0 Å². The monoisotopic (exact) mass is 198 g/mol. The molecule has 0 aliphatic heterocycles. The van der Waals surface area contributed by atoms with E-state index in [1.54, 1.807) is 0 Å². The fourth-order valence-corrected chi connectivity index (χ4v) is 2.82. The quantitative estimate of drug-likeness (QED) is 0.428. The van der Waals surface area contributed by atoms with Crippen molar-refractivity contribution in [3.05, 3.63) is 0 Å². The highest BCUT2D eigenvalue weighted by Gasteiger charge is 2.00. The minimum atomic E-state index is 0.734. The number of rotatable bonds is 8. The van der Waals surface area contributed by atoms with Crippen LogP contribution in [0, 0.1) is 5.92 Å². The van der Waals surface area contributed by atoms with Gasteiger partial charge in [-0.25, -0.2) is 0 Å². The van der Waals surface area contributed by atoms with Crippen LogP contribution in [0.2, 0.25) is 10.6 Å². The van der Waals surface area contributed by atoms with Gasteiger partial charge in [0.25, 0.3) is 0 Å². The second-order valence-electron chi connectivity index (χ2n) is 4.09. The molecule has 0 atom stereocenters. The smallest absolute Gasteiger partial charge is 0.200 e. The van der Waals surface area contributed by atoms with Crippen molar-refractivity contribution >= 4 is 15.2 Å². The van der Waals surface area contributed by atoms with Crippen molar-refractivity contribution in [2.24, 2.45) is 5.92 Å². The minimum Gasteiger partial charge on any atom is -0.304 e. The standard InChI is InChI=1S/C7H16N.C4H9.Al/c1-4-7-8(5-2)6-3;1-4(2)3;/h1,4-7H2,2-3H3;4H,1H2,2-3H3;. The summed E-state index contributed by atoms with van der Waals surface area (Å²) in [7, 11) is 0. The van der Waals surface area contributed by atoms with Crippen LogP contribution in [0.1, 0.15) is 34.1 Å². The fourth-order valence-electron chi connectivity index (χ4n) is 1.45. The molecule has 0 aromatic heterocycles. The Balaban J connectivity index is 3.14. The predicted octanol–water partition coefficient (Wildman–Crippen LogP) is 2.92. The molecule has 1 radical (unpaired) electrons. The molecule has 0 aromatic carbocycles. The van der Waals surface area contributed by atoms with Crippen LogP contribution < -0.4 is 0 Å². The van der Waals surface area contributed by atoms with Gasteiger partial charge in [-0.15, -0.1) is 10.6 Å². The Morgan fingerprint density at radius 2 is 1.77 bits per heavy atom. The zero-order chi connectivity index (χ0) is 10.1. The highest BCUT2D eigenvalue weighted by molar-refractivity contribution is 6.35. The third kappa shape index (κ3) is 8.81. The lowest BCUT2D eigenvalue weighted by Crippen LogP contribution is -2.24. The van der Waals surface area contributed by atoms with E-state index in [1.807, 2.05) is 0 Å². The molecule has 77 valence electrons. The normalized spacial score (nSPS) is 11.2. The molecule has 0 fully saturated rings. The third-order valence-corrected chi connectivity index (χ3v) is 4.51.